The van der Waals surface area contributed by atoms with Crippen LogP contribution in [0.15, 0.2) is 72.7 Å². The molecule has 3 rings (SSSR count). The quantitative estimate of drug-likeness (QED) is 0.387. The molecule has 5 N–H and O–H groups in total. The van der Waals surface area contributed by atoms with Crippen LogP contribution in [-0.4, -0.2) is 28.3 Å². The average Bonchev–Trinajstić information content (AvgIpc) is 2.83. The van der Waals surface area contributed by atoms with Crippen molar-refractivity contribution in [1.82, 2.24) is 10.3 Å². The Morgan fingerprint density at radius 1 is 1.09 bits per heavy atom. The number of nitrogens with two attached hydrogens (primary N) is 1. The minimum absolute atomic E-state index is 0.0964. The molecule has 1 atom stereocenters. The van der Waals surface area contributed by atoms with Crippen molar-refractivity contribution in [3.05, 3.63) is 107 Å². The Balaban J connectivity index is 1.96. The molecule has 3 aromatic rings. The molecule has 0 saturated carbocycles. The zero-order chi connectivity index (χ0) is 24.0. The second kappa shape index (κ2) is 10.6. The van der Waals surface area contributed by atoms with Gasteiger partial charge in [-0.05, 0) is 55.0 Å². The molecule has 2 aromatic carbocycles. The van der Waals surface area contributed by atoms with Gasteiger partial charge in [-0.25, -0.2) is 13.2 Å². The summed E-state index contributed by atoms with van der Waals surface area (Å²) in [6.45, 7) is -0.251. The number of carbonyl (C=O) groups is 1. The fourth-order valence-electron chi connectivity index (χ4n) is 3.21. The van der Waals surface area contributed by atoms with E-state index in [0.717, 1.165) is 18.2 Å². The number of hydrogen-bond acceptors (Lipinski definition) is 5. The van der Waals surface area contributed by atoms with Gasteiger partial charge >= 0.3 is 0 Å². The van der Waals surface area contributed by atoms with E-state index in [4.69, 9.17) is 11.1 Å². The molecule has 1 unspecified atom stereocenters. The first-order valence-electron chi connectivity index (χ1n) is 9.95. The monoisotopic (exact) mass is 454 g/mol. The van der Waals surface area contributed by atoms with Crippen molar-refractivity contribution < 1.29 is 23.1 Å². The van der Waals surface area contributed by atoms with Gasteiger partial charge < -0.3 is 16.2 Å². The van der Waals surface area contributed by atoms with Gasteiger partial charge in [-0.1, -0.05) is 12.1 Å². The van der Waals surface area contributed by atoms with E-state index in [9.17, 15) is 18.7 Å². The Morgan fingerprint density at radius 2 is 1.82 bits per heavy atom. The van der Waals surface area contributed by atoms with Crippen molar-refractivity contribution in [2.45, 2.75) is 12.5 Å². The van der Waals surface area contributed by atoms with Gasteiger partial charge in [-0.2, -0.15) is 0 Å². The normalized spacial score (nSPS) is 12.6. The minimum Gasteiger partial charge on any atom is -0.396 e. The molecule has 1 amide bonds. The van der Waals surface area contributed by atoms with E-state index in [1.165, 1.54) is 30.5 Å². The summed E-state index contributed by atoms with van der Waals surface area (Å²) < 4.78 is 42.9. The van der Waals surface area contributed by atoms with Gasteiger partial charge in [0.2, 0.25) is 0 Å². The molecule has 9 heteroatoms. The number of aliphatic hydroxyl groups is 1. The number of hydrogen-bond donors (Lipinski definition) is 4. The molecular formula is C24H21F3N4O2. The maximum Gasteiger partial charge on any atom is 0.252 e. The third-order valence-electron chi connectivity index (χ3n) is 4.89. The lowest BCUT2D eigenvalue weighted by Gasteiger charge is -2.19. The number of pyridine rings is 1. The molecule has 0 radical (unpaired) electrons. The van der Waals surface area contributed by atoms with Crippen LogP contribution in [0.5, 0.6) is 0 Å². The van der Waals surface area contributed by atoms with Gasteiger partial charge in [0, 0.05) is 18.4 Å². The number of amides is 1. The molecule has 170 valence electrons. The standard InChI is InChI=1S/C24H21F3N4O2/c25-15-9-7-14(8-10-15)22(28)21(27)23(29)20-16(4-3-5-17(20)26)24(33)31-19(11-13-32)18-6-1-2-12-30-18/h1-10,12,19,29,32H,11,13,28H2,(H,31,33)/b22-21+,29-23?. The van der Waals surface area contributed by atoms with Gasteiger partial charge in [0.1, 0.15) is 17.3 Å². The number of halogens is 3. The summed E-state index contributed by atoms with van der Waals surface area (Å²) in [6, 6.07) is 12.4. The topological polar surface area (TPSA) is 112 Å². The first-order valence-corrected chi connectivity index (χ1v) is 9.95. The van der Waals surface area contributed by atoms with Crippen LogP contribution < -0.4 is 11.1 Å². The van der Waals surface area contributed by atoms with Crippen LogP contribution in [0.2, 0.25) is 0 Å². The second-order valence-corrected chi connectivity index (χ2v) is 7.06. The Kier molecular flexibility index (Phi) is 7.57. The number of nitrogens with zero attached hydrogens (tertiary/aromatic N) is 1. The maximum absolute atomic E-state index is 15.0. The minimum atomic E-state index is -1.27. The molecule has 0 aliphatic rings. The lowest BCUT2D eigenvalue weighted by Crippen LogP contribution is -2.31. The van der Waals surface area contributed by atoms with Gasteiger partial charge in [-0.3, -0.25) is 15.2 Å². The van der Waals surface area contributed by atoms with Crippen LogP contribution >= 0.6 is 0 Å². The number of allylic oxidation sites excluding steroid dienone is 1. The zero-order valence-corrected chi connectivity index (χ0v) is 17.4. The maximum atomic E-state index is 15.0. The number of aliphatic hydroxyl groups excluding tert-OH is 1. The van der Waals surface area contributed by atoms with Crippen LogP contribution in [0, 0.1) is 17.0 Å². The van der Waals surface area contributed by atoms with E-state index < -0.39 is 46.4 Å². The highest BCUT2D eigenvalue weighted by Gasteiger charge is 2.25. The van der Waals surface area contributed by atoms with E-state index >= 15 is 4.39 Å². The molecule has 0 bridgehead atoms. The fourth-order valence-corrected chi connectivity index (χ4v) is 3.21. The molecular weight excluding hydrogens is 433 g/mol. The molecule has 0 aliphatic heterocycles. The van der Waals surface area contributed by atoms with Crippen LogP contribution in [0.4, 0.5) is 13.2 Å². The third-order valence-corrected chi connectivity index (χ3v) is 4.89. The van der Waals surface area contributed by atoms with Gasteiger partial charge in [0.25, 0.3) is 5.91 Å². The van der Waals surface area contributed by atoms with Crippen LogP contribution in [0.3, 0.4) is 0 Å². The molecule has 0 spiro atoms. The number of carbonyl (C=O) groups excluding carboxylic acids is 1. The van der Waals surface area contributed by atoms with Gasteiger partial charge in [0.05, 0.1) is 28.6 Å². The van der Waals surface area contributed by atoms with Crippen molar-refractivity contribution >= 4 is 17.3 Å². The van der Waals surface area contributed by atoms with Crippen molar-refractivity contribution in [3.63, 3.8) is 0 Å². The van der Waals surface area contributed by atoms with E-state index in [1.807, 2.05) is 0 Å². The SMILES string of the molecule is N=C(/C(F)=C(\N)c1ccc(F)cc1)c1c(F)cccc1C(=O)NC(CCO)c1ccccn1. The summed E-state index contributed by atoms with van der Waals surface area (Å²) in [7, 11) is 0. The summed E-state index contributed by atoms with van der Waals surface area (Å²) in [6.07, 6.45) is 1.66. The Labute approximate surface area is 188 Å². The number of aromatic nitrogens is 1. The van der Waals surface area contributed by atoms with Gasteiger partial charge in [-0.15, -0.1) is 0 Å². The first-order chi connectivity index (χ1) is 15.8. The Bertz CT molecular complexity index is 1180. The number of benzene rings is 2. The van der Waals surface area contributed by atoms with Crippen molar-refractivity contribution in [1.29, 1.82) is 5.41 Å². The van der Waals surface area contributed by atoms with E-state index in [-0.39, 0.29) is 24.2 Å². The Morgan fingerprint density at radius 3 is 2.45 bits per heavy atom. The predicted molar refractivity (Wildman–Crippen MR) is 118 cm³/mol. The smallest absolute Gasteiger partial charge is 0.252 e. The van der Waals surface area contributed by atoms with Crippen LogP contribution in [0.1, 0.15) is 39.6 Å². The zero-order valence-electron chi connectivity index (χ0n) is 17.4. The summed E-state index contributed by atoms with van der Waals surface area (Å²) >= 11 is 0. The van der Waals surface area contributed by atoms with Gasteiger partial charge in [0.15, 0.2) is 5.83 Å². The molecule has 0 aliphatic carbocycles. The molecule has 33 heavy (non-hydrogen) atoms. The molecule has 1 heterocycles. The highest BCUT2D eigenvalue weighted by Crippen LogP contribution is 2.24. The number of nitrogens with one attached hydrogen (secondary N) is 2. The van der Waals surface area contributed by atoms with Crippen LogP contribution in [-0.2, 0) is 0 Å². The predicted octanol–water partition coefficient (Wildman–Crippen LogP) is 3.88. The van der Waals surface area contributed by atoms with Crippen LogP contribution in [0.25, 0.3) is 5.70 Å². The summed E-state index contributed by atoms with van der Waals surface area (Å²) in [5, 5.41) is 20.2. The van der Waals surface area contributed by atoms with E-state index in [2.05, 4.69) is 10.3 Å². The third kappa shape index (κ3) is 5.45. The lowest BCUT2D eigenvalue weighted by molar-refractivity contribution is 0.0928. The summed E-state index contributed by atoms with van der Waals surface area (Å²) in [4.78, 5) is 17.1. The molecule has 6 nitrogen and oxygen atoms in total. The Hall–Kier alpha value is -3.98. The van der Waals surface area contributed by atoms with E-state index in [1.54, 1.807) is 18.2 Å². The largest absolute Gasteiger partial charge is 0.396 e. The lowest BCUT2D eigenvalue weighted by atomic mass is 9.98. The molecule has 1 aromatic heterocycles. The number of rotatable bonds is 8. The highest BCUT2D eigenvalue weighted by molar-refractivity contribution is 6.18. The van der Waals surface area contributed by atoms with E-state index in [0.29, 0.717) is 5.69 Å². The summed E-state index contributed by atoms with van der Waals surface area (Å²) in [5.41, 5.74) is 4.04. The highest BCUT2D eigenvalue weighted by atomic mass is 19.1. The molecule has 0 fully saturated rings. The molecule has 0 saturated heterocycles. The summed E-state index contributed by atoms with van der Waals surface area (Å²) in [5.74, 6) is -3.60. The van der Waals surface area contributed by atoms with Crippen molar-refractivity contribution in [2.75, 3.05) is 6.61 Å². The average molecular weight is 454 g/mol. The van der Waals surface area contributed by atoms with Crippen molar-refractivity contribution in [3.8, 4) is 0 Å². The van der Waals surface area contributed by atoms with Crippen molar-refractivity contribution in [2.24, 2.45) is 5.73 Å². The first kappa shape index (κ1) is 23.7. The second-order valence-electron chi connectivity index (χ2n) is 7.06. The fraction of sp³-hybridized carbons (Fsp3) is 0.125.